The van der Waals surface area contributed by atoms with Gasteiger partial charge in [-0.15, -0.1) is 0 Å². The molecule has 7 rings (SSSR count). The Labute approximate surface area is 229 Å². The molecule has 0 saturated heterocycles. The molecule has 0 unspecified atom stereocenters. The van der Waals surface area contributed by atoms with Crippen LogP contribution in [0.15, 0.2) is 102 Å². The van der Waals surface area contributed by atoms with Gasteiger partial charge in [0.1, 0.15) is 5.76 Å². The Morgan fingerprint density at radius 1 is 0.561 bits per heavy atom. The number of hydrogen-bond acceptors (Lipinski definition) is 3. The van der Waals surface area contributed by atoms with E-state index in [1.807, 2.05) is 42.5 Å². The van der Waals surface area contributed by atoms with Gasteiger partial charge in [0.2, 0.25) is 11.7 Å². The molecule has 9 heteroatoms. The van der Waals surface area contributed by atoms with Gasteiger partial charge in [-0.2, -0.15) is 0 Å². The number of rotatable bonds is 4. The number of aromatic nitrogens is 3. The van der Waals surface area contributed by atoms with Gasteiger partial charge in [0.05, 0.1) is 34.2 Å². The quantitative estimate of drug-likeness (QED) is 0.124. The summed E-state index contributed by atoms with van der Waals surface area (Å²) >= 11 is 0. The highest BCUT2D eigenvalue weighted by Gasteiger charge is 2.27. The fraction of sp³-hybridized carbons (Fsp3) is 0. The molecule has 0 bridgehead atoms. The topological polar surface area (TPSA) is 43.9 Å². The van der Waals surface area contributed by atoms with Crippen LogP contribution >= 0.6 is 0 Å². The Morgan fingerprint density at radius 3 is 2.00 bits per heavy atom. The van der Waals surface area contributed by atoms with E-state index in [-0.39, 0.29) is 5.56 Å². The van der Waals surface area contributed by atoms with Crippen LogP contribution < -0.4 is 0 Å². The molecule has 200 valence electrons. The van der Waals surface area contributed by atoms with Gasteiger partial charge >= 0.3 is 0 Å². The summed E-state index contributed by atoms with van der Waals surface area (Å²) in [5, 5.41) is 1.10. The largest absolute Gasteiger partial charge is 0.440 e. The average Bonchev–Trinajstić information content (AvgIpc) is 3.62. The van der Waals surface area contributed by atoms with Crippen LogP contribution in [0.25, 0.3) is 61.5 Å². The first kappa shape index (κ1) is 24.7. The maximum atomic E-state index is 14.8. The van der Waals surface area contributed by atoms with E-state index in [4.69, 9.17) is 4.42 Å². The molecule has 0 aliphatic rings. The maximum absolute atomic E-state index is 14.8. The third-order valence-corrected chi connectivity index (χ3v) is 6.95. The van der Waals surface area contributed by atoms with Gasteiger partial charge in [-0.1, -0.05) is 42.5 Å². The standard InChI is InChI=1S/C32H16F5N3O/c33-28-27(29(34)31(36)32(37)30(28)35)18-9-10-23-19(14-18)20-15-22(21-8-4-5-13-38-21)39-16-24(20)40(23)26-12-11-25(41-26)17-6-2-1-3-7-17/h1-16H. The first-order chi connectivity index (χ1) is 19.9. The van der Waals surface area contributed by atoms with E-state index in [1.165, 1.54) is 12.1 Å². The molecule has 4 aromatic heterocycles. The third kappa shape index (κ3) is 3.88. The van der Waals surface area contributed by atoms with Crippen LogP contribution in [-0.2, 0) is 0 Å². The Morgan fingerprint density at radius 2 is 1.27 bits per heavy atom. The van der Waals surface area contributed by atoms with Crippen LogP contribution in [-0.4, -0.2) is 14.5 Å². The highest BCUT2D eigenvalue weighted by atomic mass is 19.2. The predicted octanol–water partition coefficient (Wildman–Crippen LogP) is 8.86. The summed E-state index contributed by atoms with van der Waals surface area (Å²) in [5.74, 6) is -8.97. The predicted molar refractivity (Wildman–Crippen MR) is 145 cm³/mol. The molecule has 0 N–H and O–H groups in total. The molecule has 0 aliphatic carbocycles. The van der Waals surface area contributed by atoms with E-state index in [9.17, 15) is 22.0 Å². The second kappa shape index (κ2) is 9.41. The molecular formula is C32H16F5N3O. The molecule has 3 aromatic carbocycles. The molecule has 0 fully saturated rings. The summed E-state index contributed by atoms with van der Waals surface area (Å²) in [6.07, 6.45) is 3.25. The van der Waals surface area contributed by atoms with Gasteiger partial charge in [0.15, 0.2) is 23.3 Å². The van der Waals surface area contributed by atoms with E-state index in [0.717, 1.165) is 5.56 Å². The number of pyridine rings is 2. The van der Waals surface area contributed by atoms with E-state index < -0.39 is 34.6 Å². The van der Waals surface area contributed by atoms with Gasteiger partial charge in [0, 0.05) is 28.6 Å². The van der Waals surface area contributed by atoms with Crippen molar-refractivity contribution in [2.75, 3.05) is 0 Å². The zero-order chi connectivity index (χ0) is 28.2. The molecule has 4 nitrogen and oxygen atoms in total. The smallest absolute Gasteiger partial charge is 0.205 e. The molecule has 0 saturated carbocycles. The SMILES string of the molecule is Fc1c(F)c(F)c(-c2ccc3c(c2)c2cc(-c4ccccn4)ncc2n3-c2ccc(-c3ccccc3)o2)c(F)c1F. The first-order valence-electron chi connectivity index (χ1n) is 12.5. The third-order valence-electron chi connectivity index (χ3n) is 6.95. The van der Waals surface area contributed by atoms with Gasteiger partial charge in [0.25, 0.3) is 0 Å². The molecule has 7 aromatic rings. The Bertz CT molecular complexity index is 2070. The van der Waals surface area contributed by atoms with Crippen molar-refractivity contribution in [1.82, 2.24) is 14.5 Å². The second-order valence-electron chi connectivity index (χ2n) is 9.32. The lowest BCUT2D eigenvalue weighted by Gasteiger charge is -2.09. The van der Waals surface area contributed by atoms with Gasteiger partial charge in [-0.25, -0.2) is 22.0 Å². The van der Waals surface area contributed by atoms with Crippen LogP contribution in [0.1, 0.15) is 0 Å². The number of benzene rings is 3. The molecule has 0 aliphatic heterocycles. The fourth-order valence-electron chi connectivity index (χ4n) is 5.03. The summed E-state index contributed by atoms with van der Waals surface area (Å²) in [4.78, 5) is 8.93. The summed E-state index contributed by atoms with van der Waals surface area (Å²) in [5.41, 5.74) is 1.98. The summed E-state index contributed by atoms with van der Waals surface area (Å²) in [6, 6.07) is 24.5. The molecule has 0 amide bonds. The van der Waals surface area contributed by atoms with Crippen molar-refractivity contribution in [2.45, 2.75) is 0 Å². The molecular weight excluding hydrogens is 537 g/mol. The lowest BCUT2D eigenvalue weighted by molar-refractivity contribution is 0.381. The Balaban J connectivity index is 1.50. The summed E-state index contributed by atoms with van der Waals surface area (Å²) < 4.78 is 79.4. The molecule has 0 radical (unpaired) electrons. The summed E-state index contributed by atoms with van der Waals surface area (Å²) in [6.45, 7) is 0. The molecule has 41 heavy (non-hydrogen) atoms. The van der Waals surface area contributed by atoms with E-state index >= 15 is 0 Å². The lowest BCUT2D eigenvalue weighted by atomic mass is 10.0. The van der Waals surface area contributed by atoms with Crippen molar-refractivity contribution in [3.63, 3.8) is 0 Å². The van der Waals surface area contributed by atoms with Crippen molar-refractivity contribution < 1.29 is 26.4 Å². The minimum atomic E-state index is -2.21. The van der Waals surface area contributed by atoms with Gasteiger partial charge < -0.3 is 4.42 Å². The van der Waals surface area contributed by atoms with Crippen molar-refractivity contribution in [3.8, 4) is 39.7 Å². The van der Waals surface area contributed by atoms with Crippen LogP contribution in [0.4, 0.5) is 22.0 Å². The van der Waals surface area contributed by atoms with Crippen molar-refractivity contribution in [3.05, 3.63) is 126 Å². The second-order valence-corrected chi connectivity index (χ2v) is 9.32. The number of halogens is 5. The minimum Gasteiger partial charge on any atom is -0.440 e. The lowest BCUT2D eigenvalue weighted by Crippen LogP contribution is -2.04. The first-order valence-corrected chi connectivity index (χ1v) is 12.5. The van der Waals surface area contributed by atoms with Crippen molar-refractivity contribution in [1.29, 1.82) is 0 Å². The fourth-order valence-corrected chi connectivity index (χ4v) is 5.03. The van der Waals surface area contributed by atoms with Crippen molar-refractivity contribution in [2.24, 2.45) is 0 Å². The monoisotopic (exact) mass is 553 g/mol. The minimum absolute atomic E-state index is 0.176. The average molecular weight is 553 g/mol. The Hall–Kier alpha value is -5.31. The highest BCUT2D eigenvalue weighted by molar-refractivity contribution is 6.11. The normalized spacial score (nSPS) is 11.5. The number of hydrogen-bond donors (Lipinski definition) is 0. The van der Waals surface area contributed by atoms with E-state index in [0.29, 0.717) is 44.8 Å². The number of nitrogens with zero attached hydrogens (tertiary/aromatic N) is 3. The Kier molecular flexibility index (Phi) is 5.67. The van der Waals surface area contributed by atoms with Gasteiger partial charge in [-0.3, -0.25) is 14.5 Å². The number of furan rings is 1. The van der Waals surface area contributed by atoms with Crippen LogP contribution in [0.3, 0.4) is 0 Å². The molecule has 4 heterocycles. The van der Waals surface area contributed by atoms with E-state index in [1.54, 1.807) is 47.3 Å². The molecule has 0 atom stereocenters. The van der Waals surface area contributed by atoms with Crippen LogP contribution in [0.2, 0.25) is 0 Å². The summed E-state index contributed by atoms with van der Waals surface area (Å²) in [7, 11) is 0. The van der Waals surface area contributed by atoms with Crippen LogP contribution in [0.5, 0.6) is 0 Å². The molecule has 0 spiro atoms. The maximum Gasteiger partial charge on any atom is 0.205 e. The van der Waals surface area contributed by atoms with Gasteiger partial charge in [-0.05, 0) is 42.0 Å². The highest BCUT2D eigenvalue weighted by Crippen LogP contribution is 2.39. The zero-order valence-electron chi connectivity index (χ0n) is 20.9. The van der Waals surface area contributed by atoms with E-state index in [2.05, 4.69) is 9.97 Å². The van der Waals surface area contributed by atoms with Crippen LogP contribution in [0, 0.1) is 29.1 Å². The number of fused-ring (bicyclic) bond motifs is 3. The zero-order valence-corrected chi connectivity index (χ0v) is 20.9. The van der Waals surface area contributed by atoms with Crippen molar-refractivity contribution >= 4 is 21.8 Å².